The highest BCUT2D eigenvalue weighted by molar-refractivity contribution is 5.47. The standard InChI is InChI=1S/C17H26N2O2/c1-14-2-4-16(5-3-14)18-8-6-15(7-9-18)17(20)19-10-12-21-13-11-19/h2-5,15,17,20H,6-13H2,1H3. The van der Waals surface area contributed by atoms with Gasteiger partial charge in [0, 0.05) is 37.8 Å². The van der Waals surface area contributed by atoms with Gasteiger partial charge in [0.1, 0.15) is 6.23 Å². The summed E-state index contributed by atoms with van der Waals surface area (Å²) in [7, 11) is 0. The average molecular weight is 290 g/mol. The van der Waals surface area contributed by atoms with E-state index in [-0.39, 0.29) is 6.23 Å². The van der Waals surface area contributed by atoms with E-state index in [9.17, 15) is 5.11 Å². The minimum absolute atomic E-state index is 0.297. The fourth-order valence-corrected chi connectivity index (χ4v) is 3.35. The summed E-state index contributed by atoms with van der Waals surface area (Å²) >= 11 is 0. The van der Waals surface area contributed by atoms with Crippen molar-refractivity contribution in [2.24, 2.45) is 5.92 Å². The van der Waals surface area contributed by atoms with E-state index in [2.05, 4.69) is 41.0 Å². The Morgan fingerprint density at radius 3 is 2.29 bits per heavy atom. The third-order valence-corrected chi connectivity index (χ3v) is 4.78. The van der Waals surface area contributed by atoms with Gasteiger partial charge in [-0.2, -0.15) is 0 Å². The molecule has 2 aliphatic heterocycles. The molecule has 2 heterocycles. The number of piperidine rings is 1. The van der Waals surface area contributed by atoms with Gasteiger partial charge in [0.05, 0.1) is 13.2 Å². The third kappa shape index (κ3) is 3.57. The Morgan fingerprint density at radius 1 is 1.05 bits per heavy atom. The molecule has 0 aliphatic carbocycles. The normalized spacial score (nSPS) is 23.2. The first-order chi connectivity index (χ1) is 10.2. The Bertz CT molecular complexity index is 435. The van der Waals surface area contributed by atoms with E-state index in [4.69, 9.17) is 4.74 Å². The van der Waals surface area contributed by atoms with Crippen LogP contribution in [0.5, 0.6) is 0 Å². The topological polar surface area (TPSA) is 35.9 Å². The first-order valence-electron chi connectivity index (χ1n) is 8.05. The van der Waals surface area contributed by atoms with Crippen molar-refractivity contribution in [3.63, 3.8) is 0 Å². The second kappa shape index (κ2) is 6.77. The van der Waals surface area contributed by atoms with E-state index < -0.39 is 0 Å². The van der Waals surface area contributed by atoms with Gasteiger partial charge in [-0.25, -0.2) is 0 Å². The van der Waals surface area contributed by atoms with Crippen LogP contribution in [0.1, 0.15) is 18.4 Å². The summed E-state index contributed by atoms with van der Waals surface area (Å²) < 4.78 is 5.36. The maximum absolute atomic E-state index is 10.5. The van der Waals surface area contributed by atoms with Crippen LogP contribution in [0, 0.1) is 12.8 Å². The molecule has 2 fully saturated rings. The van der Waals surface area contributed by atoms with Crippen LogP contribution in [-0.4, -0.2) is 55.6 Å². The molecule has 2 saturated heterocycles. The molecule has 0 radical (unpaired) electrons. The average Bonchev–Trinajstić information content (AvgIpc) is 2.56. The number of aliphatic hydroxyl groups is 1. The van der Waals surface area contributed by atoms with E-state index in [0.29, 0.717) is 5.92 Å². The van der Waals surface area contributed by atoms with Gasteiger partial charge in [0.25, 0.3) is 0 Å². The van der Waals surface area contributed by atoms with Crippen LogP contribution in [0.3, 0.4) is 0 Å². The molecule has 4 heteroatoms. The number of aliphatic hydroxyl groups excluding tert-OH is 1. The zero-order valence-electron chi connectivity index (χ0n) is 12.9. The summed E-state index contributed by atoms with van der Waals surface area (Å²) in [6.45, 7) is 7.41. The van der Waals surface area contributed by atoms with Gasteiger partial charge in [-0.1, -0.05) is 17.7 Å². The number of aryl methyl sites for hydroxylation is 1. The number of hydrogen-bond acceptors (Lipinski definition) is 4. The molecule has 0 bridgehead atoms. The summed E-state index contributed by atoms with van der Waals surface area (Å²) in [5.74, 6) is 0.393. The molecule has 1 N–H and O–H groups in total. The van der Waals surface area contributed by atoms with Crippen molar-refractivity contribution in [2.45, 2.75) is 26.0 Å². The molecule has 0 aromatic heterocycles. The molecular weight excluding hydrogens is 264 g/mol. The van der Waals surface area contributed by atoms with Crippen molar-refractivity contribution in [2.75, 3.05) is 44.3 Å². The molecular formula is C17H26N2O2. The highest BCUT2D eigenvalue weighted by Gasteiger charge is 2.30. The molecule has 0 amide bonds. The lowest BCUT2D eigenvalue weighted by atomic mass is 9.93. The number of hydrogen-bond donors (Lipinski definition) is 1. The van der Waals surface area contributed by atoms with Crippen molar-refractivity contribution in [3.05, 3.63) is 29.8 Å². The number of rotatable bonds is 3. The second-order valence-electron chi connectivity index (χ2n) is 6.22. The zero-order chi connectivity index (χ0) is 14.7. The van der Waals surface area contributed by atoms with Gasteiger partial charge in [0.15, 0.2) is 0 Å². The van der Waals surface area contributed by atoms with E-state index in [1.54, 1.807) is 0 Å². The fourth-order valence-electron chi connectivity index (χ4n) is 3.35. The first kappa shape index (κ1) is 14.8. The molecule has 1 aromatic rings. The molecule has 21 heavy (non-hydrogen) atoms. The van der Waals surface area contributed by atoms with E-state index >= 15 is 0 Å². The van der Waals surface area contributed by atoms with Crippen molar-refractivity contribution in [3.8, 4) is 0 Å². The molecule has 116 valence electrons. The Morgan fingerprint density at radius 2 is 1.67 bits per heavy atom. The Hall–Kier alpha value is -1.10. The zero-order valence-corrected chi connectivity index (χ0v) is 12.9. The Labute approximate surface area is 127 Å². The van der Waals surface area contributed by atoms with E-state index in [1.165, 1.54) is 11.3 Å². The molecule has 4 nitrogen and oxygen atoms in total. The van der Waals surface area contributed by atoms with E-state index in [1.807, 2.05) is 0 Å². The highest BCUT2D eigenvalue weighted by Crippen LogP contribution is 2.27. The van der Waals surface area contributed by atoms with Gasteiger partial charge >= 0.3 is 0 Å². The minimum atomic E-state index is -0.297. The fraction of sp³-hybridized carbons (Fsp3) is 0.647. The summed E-state index contributed by atoms with van der Waals surface area (Å²) in [6, 6.07) is 8.75. The van der Waals surface area contributed by atoms with Crippen LogP contribution in [0.4, 0.5) is 5.69 Å². The smallest absolute Gasteiger partial charge is 0.110 e. The molecule has 0 saturated carbocycles. The first-order valence-corrected chi connectivity index (χ1v) is 8.05. The van der Waals surface area contributed by atoms with Gasteiger partial charge in [0.2, 0.25) is 0 Å². The molecule has 1 unspecified atom stereocenters. The van der Waals surface area contributed by atoms with Crippen molar-refractivity contribution in [1.82, 2.24) is 4.90 Å². The van der Waals surface area contributed by atoms with Gasteiger partial charge in [-0.3, -0.25) is 4.90 Å². The van der Waals surface area contributed by atoms with Gasteiger partial charge in [-0.15, -0.1) is 0 Å². The number of nitrogens with zero attached hydrogens (tertiary/aromatic N) is 2. The van der Waals surface area contributed by atoms with Crippen LogP contribution in [0.25, 0.3) is 0 Å². The molecule has 2 aliphatic rings. The lowest BCUT2D eigenvalue weighted by molar-refractivity contribution is -0.0896. The SMILES string of the molecule is Cc1ccc(N2CCC(C(O)N3CCOCC3)CC2)cc1. The predicted molar refractivity (Wildman–Crippen MR) is 84.5 cm³/mol. The van der Waals surface area contributed by atoms with Crippen LogP contribution in [0.2, 0.25) is 0 Å². The summed E-state index contributed by atoms with van der Waals surface area (Å²) in [5, 5.41) is 10.5. The summed E-state index contributed by atoms with van der Waals surface area (Å²) in [5.41, 5.74) is 2.61. The lowest BCUT2D eigenvalue weighted by Gasteiger charge is -2.40. The van der Waals surface area contributed by atoms with Crippen LogP contribution in [0.15, 0.2) is 24.3 Å². The maximum atomic E-state index is 10.5. The van der Waals surface area contributed by atoms with Crippen molar-refractivity contribution in [1.29, 1.82) is 0 Å². The third-order valence-electron chi connectivity index (χ3n) is 4.78. The molecule has 1 aromatic carbocycles. The Balaban J connectivity index is 1.53. The number of benzene rings is 1. The van der Waals surface area contributed by atoms with Crippen LogP contribution in [-0.2, 0) is 4.74 Å². The van der Waals surface area contributed by atoms with Gasteiger partial charge in [-0.05, 0) is 31.9 Å². The molecule has 1 atom stereocenters. The maximum Gasteiger partial charge on any atom is 0.110 e. The number of anilines is 1. The molecule has 3 rings (SSSR count). The monoisotopic (exact) mass is 290 g/mol. The Kier molecular flexibility index (Phi) is 4.78. The lowest BCUT2D eigenvalue weighted by Crippen LogP contribution is -2.49. The second-order valence-corrected chi connectivity index (χ2v) is 6.22. The van der Waals surface area contributed by atoms with E-state index in [0.717, 1.165) is 52.2 Å². The predicted octanol–water partition coefficient (Wildman–Crippen LogP) is 1.86. The molecule has 0 spiro atoms. The van der Waals surface area contributed by atoms with Crippen molar-refractivity contribution < 1.29 is 9.84 Å². The summed E-state index contributed by atoms with van der Waals surface area (Å²) in [6.07, 6.45) is 1.83. The van der Waals surface area contributed by atoms with Gasteiger partial charge < -0.3 is 14.7 Å². The quantitative estimate of drug-likeness (QED) is 0.922. The van der Waals surface area contributed by atoms with Crippen molar-refractivity contribution >= 4 is 5.69 Å². The highest BCUT2D eigenvalue weighted by atomic mass is 16.5. The van der Waals surface area contributed by atoms with Crippen LogP contribution >= 0.6 is 0 Å². The minimum Gasteiger partial charge on any atom is -0.379 e. The summed E-state index contributed by atoms with van der Waals surface area (Å²) in [4.78, 5) is 4.61. The van der Waals surface area contributed by atoms with Crippen LogP contribution < -0.4 is 4.90 Å². The number of morpholine rings is 1. The largest absolute Gasteiger partial charge is 0.379 e. The number of ether oxygens (including phenoxy) is 1.